The number of benzene rings is 3. The summed E-state index contributed by atoms with van der Waals surface area (Å²) in [7, 11) is 0. The van der Waals surface area contributed by atoms with Crippen molar-refractivity contribution in [2.24, 2.45) is 29.0 Å². The lowest BCUT2D eigenvalue weighted by molar-refractivity contribution is -0.143. The van der Waals surface area contributed by atoms with Crippen molar-refractivity contribution in [3.8, 4) is 11.5 Å². The van der Waals surface area contributed by atoms with E-state index in [0.29, 0.717) is 24.0 Å². The maximum atomic E-state index is 14.7. The third-order valence-electron chi connectivity index (χ3n) is 22.6. The molecule has 17 amide bonds. The number of carbonyl (C=O) groups is 20. The highest BCUT2D eigenvalue weighted by molar-refractivity contribution is 6.03. The molecule has 2 heterocycles. The summed E-state index contributed by atoms with van der Waals surface area (Å²) < 4.78 is 0. The number of phenols is 2. The van der Waals surface area contributed by atoms with Crippen LogP contribution in [0.3, 0.4) is 0 Å². The summed E-state index contributed by atoms with van der Waals surface area (Å²) in [5, 5.41) is 145. The van der Waals surface area contributed by atoms with Gasteiger partial charge in [0.05, 0.1) is 51.4 Å². The van der Waals surface area contributed by atoms with Crippen LogP contribution in [0, 0.1) is 17.2 Å². The van der Waals surface area contributed by atoms with Crippen LogP contribution < -0.4 is 97.0 Å². The fraction of sp³-hybridized carbons (Fsp3) is 0.547. The predicted molar refractivity (Wildman–Crippen MR) is 478 cm³/mol. The van der Waals surface area contributed by atoms with E-state index in [0.717, 1.165) is 16.7 Å². The van der Waals surface area contributed by atoms with Gasteiger partial charge >= 0.3 is 17.9 Å². The first-order valence-corrected chi connectivity index (χ1v) is 44.1. The zero-order chi connectivity index (χ0) is 102. The van der Waals surface area contributed by atoms with Gasteiger partial charge in [0.1, 0.15) is 109 Å². The molecule has 51 heteroatoms. The normalized spacial score (nSPS) is 17.0. The number of amides is 17. The molecule has 5 rings (SSSR count). The summed E-state index contributed by atoms with van der Waals surface area (Å²) in [6.45, 7) is 1.60. The van der Waals surface area contributed by atoms with Crippen molar-refractivity contribution in [3.63, 3.8) is 0 Å². The van der Waals surface area contributed by atoms with E-state index in [9.17, 15) is 142 Å². The maximum Gasteiger partial charge on any atom is 0.322 e. The second-order valence-electron chi connectivity index (χ2n) is 33.0. The fourth-order valence-corrected chi connectivity index (χ4v) is 14.5. The molecular formula is C86H125N21O30. The average molecular weight is 1930 g/mol. The van der Waals surface area contributed by atoms with Crippen LogP contribution in [0.2, 0.25) is 0 Å². The Morgan fingerprint density at radius 1 is 0.401 bits per heavy atom. The Labute approximate surface area is 785 Å². The van der Waals surface area contributed by atoms with E-state index >= 15 is 0 Å². The van der Waals surface area contributed by atoms with E-state index < -0.39 is 304 Å². The van der Waals surface area contributed by atoms with Gasteiger partial charge < -0.3 is 158 Å². The highest BCUT2D eigenvalue weighted by Crippen LogP contribution is 2.24. The number of nitrogens with two attached hydrogens (primary N) is 3. The number of aromatic hydroxyl groups is 2. The molecule has 2 fully saturated rings. The number of primary amides is 1. The first kappa shape index (κ1) is 113. The minimum atomic E-state index is -2.33. The number of rotatable bonds is 57. The summed E-state index contributed by atoms with van der Waals surface area (Å²) in [4.78, 5) is 276. The van der Waals surface area contributed by atoms with Crippen LogP contribution in [0.1, 0.15) is 128 Å². The van der Waals surface area contributed by atoms with E-state index in [1.54, 1.807) is 51.1 Å². The molecule has 19 atom stereocenters. The van der Waals surface area contributed by atoms with E-state index in [1.807, 2.05) is 22.9 Å². The molecule has 0 radical (unpaired) electrons. The van der Waals surface area contributed by atoms with Crippen LogP contribution in [-0.2, 0) is 115 Å². The second-order valence-corrected chi connectivity index (χ2v) is 33.0. The summed E-state index contributed by atoms with van der Waals surface area (Å²) >= 11 is 0. The van der Waals surface area contributed by atoms with Gasteiger partial charge in [0.15, 0.2) is 5.96 Å². The van der Waals surface area contributed by atoms with Gasteiger partial charge in [-0.25, -0.2) is 0 Å². The average Bonchev–Trinajstić information content (AvgIpc) is 1.74. The third kappa shape index (κ3) is 36.5. The second kappa shape index (κ2) is 56.1. The number of nitrogens with zero attached hydrogens (tertiary/aromatic N) is 2. The molecule has 2 aliphatic heterocycles. The van der Waals surface area contributed by atoms with Crippen molar-refractivity contribution in [2.75, 3.05) is 52.6 Å². The Hall–Kier alpha value is -14.3. The molecule has 51 nitrogen and oxygen atoms in total. The Balaban J connectivity index is 1.32. The minimum absolute atomic E-state index is 0.0556. The number of aliphatic hydroxyl groups excluding tert-OH is 5. The first-order chi connectivity index (χ1) is 64.8. The van der Waals surface area contributed by atoms with Crippen LogP contribution in [-0.4, -0.2) is 341 Å². The topological polar surface area (TPSA) is 833 Å². The molecule has 0 spiro atoms. The Morgan fingerprint density at radius 3 is 1.19 bits per heavy atom. The molecule has 32 N–H and O–H groups in total. The Kier molecular flexibility index (Phi) is 46.4. The van der Waals surface area contributed by atoms with Gasteiger partial charge in [-0.1, -0.05) is 95.1 Å². The lowest BCUT2D eigenvalue weighted by Gasteiger charge is -2.32. The largest absolute Gasteiger partial charge is 0.508 e. The summed E-state index contributed by atoms with van der Waals surface area (Å²) in [6.07, 6.45) is -6.18. The minimum Gasteiger partial charge on any atom is -0.508 e. The Morgan fingerprint density at radius 2 is 0.759 bits per heavy atom. The number of aliphatic hydroxyl groups is 5. The smallest absolute Gasteiger partial charge is 0.322 e. The number of hydrogen-bond donors (Lipinski definition) is 29. The number of nitrogens with one attached hydrogen (secondary N) is 16. The van der Waals surface area contributed by atoms with Gasteiger partial charge in [-0.15, -0.1) is 0 Å². The summed E-state index contributed by atoms with van der Waals surface area (Å²) in [5.41, 5.74) is 18.1. The van der Waals surface area contributed by atoms with E-state index in [2.05, 4.69) is 63.8 Å². The lowest BCUT2D eigenvalue weighted by Crippen LogP contribution is -2.63. The summed E-state index contributed by atoms with van der Waals surface area (Å²) in [6, 6.07) is -9.72. The SMILES string of the molecule is CC[C@H](C)[C@H](N)C(=O)N[C@H](C(=O)N[C@@H](Cc1ccc(O)cc1)C(=O)N1CCC[C@H]1C(=O)N[C@@H](CO)C(=O)N[C@@H](CC(=O)O)C(=O)N[C@@H](CO)C(=O)N[C@@H](CC(=O)O)C(=O)N[C@H](C(=O)N[C@@H](CCCNC(=N)N)C(=O)N[C@@H](Cc1ccc(O)cc1)C(=O)N[C@@H](CO)C(=O)N1CCC[C@H]1C(=O)N[C@@H](CO)C(=O)N[C@@H](Cc1ccccc1)C(=O)N[C@@H](CCC(N)=O)C(=O)NCC(=O)O)[C@@H](C)O)[C@@H](C)CC. The number of carboxylic acid groups (broad SMARTS) is 3. The number of aliphatic carboxylic acids is 3. The summed E-state index contributed by atoms with van der Waals surface area (Å²) in [5.74, 6) is -26.5. The van der Waals surface area contributed by atoms with Gasteiger partial charge in [-0.2, -0.15) is 0 Å². The van der Waals surface area contributed by atoms with Crippen LogP contribution >= 0.6 is 0 Å². The molecule has 3 aromatic carbocycles. The van der Waals surface area contributed by atoms with Crippen LogP contribution in [0.4, 0.5) is 0 Å². The number of hydrogen-bond acceptors (Lipinski definition) is 29. The van der Waals surface area contributed by atoms with Crippen molar-refractivity contribution >= 4 is 124 Å². The molecule has 754 valence electrons. The number of guanidine groups is 1. The van der Waals surface area contributed by atoms with Gasteiger partial charge in [0.2, 0.25) is 100 Å². The van der Waals surface area contributed by atoms with E-state index in [4.69, 9.17) is 27.7 Å². The highest BCUT2D eigenvalue weighted by Gasteiger charge is 2.45. The lowest BCUT2D eigenvalue weighted by atomic mass is 9.95. The standard InChI is InChI=1S/C86H125N21O30/c1-6-42(3)67(88)81(133)104-68(43(4)7-2)82(134)99-56(34-47-21-25-49(114)26-22-47)84(136)106-30-12-17-61(106)79(131)102-59(40-110)78(130)97-54(35-64(116)117)74(126)100-57(38-108)76(128)98-55(36-65(118)119)75(127)105-69(44(5)112)83(135)94-50(16-11-29-91-86(89)90)71(123)95-53(33-46-19-23-48(113)24-20-46)73(125)103-60(41-111)85(137)107-31-13-18-62(107)80(132)101-58(39-109)77(129)96-52(32-45-14-9-8-10-15-45)72(124)93-51(27-28-63(87)115)70(122)92-37-66(120)121/h8-10,14-15,19-26,42-44,50-62,67-69,108-114H,6-7,11-13,16-18,27-41,88H2,1-5H3,(H2,87,115)(H,92,122)(H,93,124)(H,94,135)(H,95,123)(H,96,129)(H,97,130)(H,98,128)(H,99,134)(H,100,126)(H,101,132)(H,102,131)(H,103,125)(H,104,133)(H,105,127)(H,116,117)(H,118,119)(H,120,121)(H4,89,90,91)/t42-,43-,44+,50-,51-,52-,53-,54-,55-,56-,57-,58-,59-,60-,61-,62-,67-,68-,69-/m0/s1. The zero-order valence-corrected chi connectivity index (χ0v) is 76.0. The van der Waals surface area contributed by atoms with Crippen molar-refractivity contribution in [1.29, 1.82) is 5.41 Å². The van der Waals surface area contributed by atoms with Gasteiger partial charge in [-0.3, -0.25) is 101 Å². The molecule has 137 heavy (non-hydrogen) atoms. The van der Waals surface area contributed by atoms with Crippen molar-refractivity contribution in [3.05, 3.63) is 95.6 Å². The highest BCUT2D eigenvalue weighted by atomic mass is 16.4. The van der Waals surface area contributed by atoms with Crippen LogP contribution in [0.25, 0.3) is 0 Å². The first-order valence-electron chi connectivity index (χ1n) is 44.1. The number of likely N-dealkylation sites (tertiary alicyclic amines) is 2. The Bertz CT molecular complexity index is 4730. The fourth-order valence-electron chi connectivity index (χ4n) is 14.5. The number of carbonyl (C=O) groups excluding carboxylic acids is 17. The van der Waals surface area contributed by atoms with Gasteiger partial charge in [-0.05, 0) is 105 Å². The van der Waals surface area contributed by atoms with Crippen molar-refractivity contribution in [1.82, 2.24) is 89.6 Å². The molecule has 0 bridgehead atoms. The molecule has 0 unspecified atom stereocenters. The molecular weight excluding hydrogens is 1810 g/mol. The van der Waals surface area contributed by atoms with Crippen molar-refractivity contribution < 1.29 is 147 Å². The predicted octanol–water partition coefficient (Wildman–Crippen LogP) is -10.1. The molecule has 3 aromatic rings. The van der Waals surface area contributed by atoms with Crippen molar-refractivity contribution in [2.45, 2.75) is 234 Å². The molecule has 2 aliphatic rings. The van der Waals surface area contributed by atoms with Gasteiger partial charge in [0.25, 0.3) is 0 Å². The molecule has 0 aliphatic carbocycles. The van der Waals surface area contributed by atoms with E-state index in [-0.39, 0.29) is 87.6 Å². The van der Waals surface area contributed by atoms with Crippen LogP contribution in [0.15, 0.2) is 78.9 Å². The monoisotopic (exact) mass is 1930 g/mol. The number of phenolic OH excluding ortho intramolecular Hbond substituents is 2. The maximum absolute atomic E-state index is 14.7. The molecule has 0 saturated carbocycles. The molecule has 0 aromatic heterocycles. The molecule has 2 saturated heterocycles. The third-order valence-corrected chi connectivity index (χ3v) is 22.6. The zero-order valence-electron chi connectivity index (χ0n) is 76.0. The quantitative estimate of drug-likeness (QED) is 0.0142. The number of carboxylic acids is 3. The van der Waals surface area contributed by atoms with Crippen LogP contribution in [0.5, 0.6) is 11.5 Å². The van der Waals surface area contributed by atoms with Gasteiger partial charge in [0, 0.05) is 45.3 Å². The van der Waals surface area contributed by atoms with E-state index in [1.165, 1.54) is 48.5 Å².